The largest absolute Gasteiger partial charge is 0.343 e. The second-order valence-corrected chi connectivity index (χ2v) is 14.8. The van der Waals surface area contributed by atoms with Crippen molar-refractivity contribution in [3.8, 4) is 0 Å². The van der Waals surface area contributed by atoms with E-state index < -0.39 is 5.92 Å². The number of likely N-dealkylation sites (N-methyl/N-ethyl adjacent to an activating group) is 1. The van der Waals surface area contributed by atoms with Crippen molar-refractivity contribution < 1.29 is 14.4 Å². The minimum atomic E-state index is -0.455. The maximum absolute atomic E-state index is 14.4. The third-order valence-corrected chi connectivity index (χ3v) is 11.8. The third kappa shape index (κ3) is 7.19. The van der Waals surface area contributed by atoms with Gasteiger partial charge < -0.3 is 24.9 Å². The van der Waals surface area contributed by atoms with Gasteiger partial charge in [-0.1, -0.05) is 31.2 Å². The highest BCUT2D eigenvalue weighted by atomic mass is 16.2. The molecule has 11 heteroatoms. The Morgan fingerprint density at radius 2 is 1.59 bits per heavy atom. The van der Waals surface area contributed by atoms with Gasteiger partial charge in [0, 0.05) is 88.5 Å². The molecule has 262 valence electrons. The summed E-state index contributed by atoms with van der Waals surface area (Å²) in [6.45, 7) is 11.9. The lowest BCUT2D eigenvalue weighted by Gasteiger charge is -2.43. The highest BCUT2D eigenvalue weighted by molar-refractivity contribution is 5.91. The van der Waals surface area contributed by atoms with Gasteiger partial charge in [-0.05, 0) is 80.8 Å². The first-order valence-electron chi connectivity index (χ1n) is 18.3. The van der Waals surface area contributed by atoms with Gasteiger partial charge in [-0.25, -0.2) is 4.79 Å². The van der Waals surface area contributed by atoms with Crippen molar-refractivity contribution in [3.63, 3.8) is 0 Å². The van der Waals surface area contributed by atoms with E-state index in [0.29, 0.717) is 25.7 Å². The average molecular weight is 669 g/mol. The number of aromatic nitrogens is 2. The van der Waals surface area contributed by atoms with Gasteiger partial charge in [0.15, 0.2) is 0 Å². The first kappa shape index (κ1) is 33.5. The normalized spacial score (nSPS) is 21.7. The Bertz CT molecular complexity index is 1650. The van der Waals surface area contributed by atoms with E-state index in [1.165, 1.54) is 0 Å². The SMILES string of the molecule is Cc1cc(C(C)C(CC(=O)N2CCC(N3CCc4ccccc4NC3=O)CC2)C(=O)N2CCC(N3CCN(C)CC3)CC2)cc2cn[nH]c12. The van der Waals surface area contributed by atoms with Crippen LogP contribution in [0.1, 0.15) is 61.6 Å². The van der Waals surface area contributed by atoms with Crippen LogP contribution in [0.25, 0.3) is 10.9 Å². The molecule has 4 aliphatic rings. The molecule has 3 aromatic rings. The second-order valence-electron chi connectivity index (χ2n) is 14.8. The molecule has 0 bridgehead atoms. The summed E-state index contributed by atoms with van der Waals surface area (Å²) in [5.41, 5.74) is 5.20. The molecule has 0 radical (unpaired) electrons. The number of rotatable bonds is 7. The summed E-state index contributed by atoms with van der Waals surface area (Å²) in [7, 11) is 2.18. The van der Waals surface area contributed by atoms with E-state index in [4.69, 9.17) is 0 Å². The number of anilines is 1. The molecule has 0 saturated carbocycles. The van der Waals surface area contributed by atoms with Crippen molar-refractivity contribution in [1.82, 2.24) is 34.7 Å². The molecule has 2 N–H and O–H groups in total. The van der Waals surface area contributed by atoms with Crippen LogP contribution >= 0.6 is 0 Å². The van der Waals surface area contributed by atoms with Crippen molar-refractivity contribution in [3.05, 3.63) is 59.3 Å². The fraction of sp³-hybridized carbons (Fsp3) is 0.579. The van der Waals surface area contributed by atoms with Gasteiger partial charge in [0.25, 0.3) is 0 Å². The van der Waals surface area contributed by atoms with Crippen LogP contribution in [0.2, 0.25) is 0 Å². The molecule has 2 atom stereocenters. The van der Waals surface area contributed by atoms with Gasteiger partial charge in [0.1, 0.15) is 0 Å². The lowest BCUT2D eigenvalue weighted by Crippen LogP contribution is -2.54. The smallest absolute Gasteiger partial charge is 0.322 e. The first-order chi connectivity index (χ1) is 23.7. The fourth-order valence-electron chi connectivity index (χ4n) is 8.59. The Kier molecular flexibility index (Phi) is 9.91. The molecule has 49 heavy (non-hydrogen) atoms. The number of urea groups is 1. The van der Waals surface area contributed by atoms with Crippen LogP contribution in [0.4, 0.5) is 10.5 Å². The summed E-state index contributed by atoms with van der Waals surface area (Å²) >= 11 is 0. The number of hydrogen-bond donors (Lipinski definition) is 2. The van der Waals surface area contributed by atoms with E-state index in [0.717, 1.165) is 105 Å². The summed E-state index contributed by atoms with van der Waals surface area (Å²) in [4.78, 5) is 52.6. The van der Waals surface area contributed by atoms with Crippen LogP contribution in [0, 0.1) is 12.8 Å². The lowest BCUT2D eigenvalue weighted by atomic mass is 9.82. The van der Waals surface area contributed by atoms with Crippen molar-refractivity contribution in [1.29, 1.82) is 0 Å². The quantitative estimate of drug-likeness (QED) is 0.389. The molecular weight excluding hydrogens is 616 g/mol. The molecule has 7 rings (SSSR count). The molecule has 0 spiro atoms. The Morgan fingerprint density at radius 1 is 0.898 bits per heavy atom. The highest BCUT2D eigenvalue weighted by Crippen LogP contribution is 2.34. The Hall–Kier alpha value is -3.96. The minimum Gasteiger partial charge on any atom is -0.343 e. The number of carbonyl (C=O) groups is 3. The van der Waals surface area contributed by atoms with Gasteiger partial charge in [0.2, 0.25) is 11.8 Å². The first-order valence-corrected chi connectivity index (χ1v) is 18.3. The van der Waals surface area contributed by atoms with Crippen LogP contribution < -0.4 is 5.32 Å². The Morgan fingerprint density at radius 3 is 2.35 bits per heavy atom. The molecule has 0 aliphatic carbocycles. The molecule has 11 nitrogen and oxygen atoms in total. The van der Waals surface area contributed by atoms with Crippen LogP contribution in [0.15, 0.2) is 42.6 Å². The number of benzene rings is 2. The molecule has 3 fully saturated rings. The predicted molar refractivity (Wildman–Crippen MR) is 191 cm³/mol. The van der Waals surface area contributed by atoms with Gasteiger partial charge >= 0.3 is 6.03 Å². The minimum absolute atomic E-state index is 0.0322. The van der Waals surface area contributed by atoms with E-state index in [1.54, 1.807) is 0 Å². The molecule has 3 saturated heterocycles. The summed E-state index contributed by atoms with van der Waals surface area (Å²) in [6, 6.07) is 12.8. The van der Waals surface area contributed by atoms with Crippen LogP contribution in [0.5, 0.6) is 0 Å². The fourth-order valence-corrected chi connectivity index (χ4v) is 8.59. The van der Waals surface area contributed by atoms with E-state index in [-0.39, 0.29) is 36.2 Å². The molecule has 5 heterocycles. The van der Waals surface area contributed by atoms with Crippen molar-refractivity contribution >= 4 is 34.4 Å². The highest BCUT2D eigenvalue weighted by Gasteiger charge is 2.38. The number of likely N-dealkylation sites (tertiary alicyclic amines) is 2. The molecule has 4 aliphatic heterocycles. The number of piperidine rings is 2. The predicted octanol–water partition coefficient (Wildman–Crippen LogP) is 4.30. The summed E-state index contributed by atoms with van der Waals surface area (Å²) in [5, 5.41) is 11.4. The third-order valence-electron chi connectivity index (χ3n) is 11.8. The topological polar surface area (TPSA) is 108 Å². The number of piperazine rings is 1. The van der Waals surface area contributed by atoms with E-state index in [2.05, 4.69) is 64.4 Å². The molecule has 2 unspecified atom stereocenters. The number of aryl methyl sites for hydroxylation is 1. The molecule has 1 aromatic heterocycles. The molecular formula is C38H52N8O3. The van der Waals surface area contributed by atoms with Crippen molar-refractivity contribution in [2.75, 3.05) is 71.3 Å². The maximum Gasteiger partial charge on any atom is 0.322 e. The summed E-state index contributed by atoms with van der Waals surface area (Å²) in [6.07, 6.45) is 6.26. The van der Waals surface area contributed by atoms with E-state index in [1.807, 2.05) is 39.1 Å². The van der Waals surface area contributed by atoms with Crippen LogP contribution in [-0.2, 0) is 16.0 Å². The number of fused-ring (bicyclic) bond motifs is 2. The number of aromatic amines is 1. The number of para-hydroxylation sites is 1. The van der Waals surface area contributed by atoms with Crippen LogP contribution in [0.3, 0.4) is 0 Å². The lowest BCUT2D eigenvalue weighted by molar-refractivity contribution is -0.143. The second kappa shape index (κ2) is 14.5. The zero-order valence-electron chi connectivity index (χ0n) is 29.4. The molecule has 2 aromatic carbocycles. The monoisotopic (exact) mass is 668 g/mol. The van der Waals surface area contributed by atoms with Crippen LogP contribution in [-0.4, -0.2) is 131 Å². The number of carbonyl (C=O) groups excluding carboxylic acids is 3. The maximum atomic E-state index is 14.4. The van der Waals surface area contributed by atoms with Gasteiger partial charge in [0.05, 0.1) is 17.6 Å². The number of nitrogens with zero attached hydrogens (tertiary/aromatic N) is 6. The van der Waals surface area contributed by atoms with Gasteiger partial charge in [-0.3, -0.25) is 19.6 Å². The number of nitrogens with one attached hydrogen (secondary N) is 2. The Labute approximate surface area is 290 Å². The van der Waals surface area contributed by atoms with Gasteiger partial charge in [-0.15, -0.1) is 0 Å². The number of hydrogen-bond acceptors (Lipinski definition) is 6. The molecule has 4 amide bonds. The Balaban J connectivity index is 1.02. The summed E-state index contributed by atoms with van der Waals surface area (Å²) in [5.74, 6) is -0.461. The van der Waals surface area contributed by atoms with E-state index in [9.17, 15) is 14.4 Å². The summed E-state index contributed by atoms with van der Waals surface area (Å²) < 4.78 is 0. The van der Waals surface area contributed by atoms with Gasteiger partial charge in [-0.2, -0.15) is 5.10 Å². The number of H-pyrrole nitrogens is 1. The number of amides is 4. The van der Waals surface area contributed by atoms with E-state index >= 15 is 0 Å². The zero-order chi connectivity index (χ0) is 34.1. The zero-order valence-corrected chi connectivity index (χ0v) is 29.4. The van der Waals surface area contributed by atoms with Crippen molar-refractivity contribution in [2.24, 2.45) is 5.92 Å². The average Bonchev–Trinajstić information content (AvgIpc) is 3.54. The van der Waals surface area contributed by atoms with Crippen molar-refractivity contribution in [2.45, 2.75) is 70.4 Å². The standard InChI is InChI=1S/C38H52N8O3/c1-26-22-29(23-30-25-39-41-36(26)30)27(2)33(37(48)45-15-9-31(10-16-45)43-20-18-42(3)19-21-43)24-35(47)44-13-11-32(12-14-44)46-17-8-28-6-4-5-7-34(28)40-38(46)49/h4-7,22-23,25,27,31-33H,8-21,24H2,1-3H3,(H,39,41)(H,40,49).